The van der Waals surface area contributed by atoms with Crippen molar-refractivity contribution in [3.8, 4) is 0 Å². The Balaban J connectivity index is 2.13. The first kappa shape index (κ1) is 19.9. The molecule has 10 heteroatoms. The van der Waals surface area contributed by atoms with Crippen LogP contribution in [0.25, 0.3) is 0 Å². The second kappa shape index (κ2) is 8.28. The van der Waals surface area contributed by atoms with Gasteiger partial charge >= 0.3 is 0 Å². The second-order valence-electron chi connectivity index (χ2n) is 5.31. The minimum absolute atomic E-state index is 0.0498. The average molecular weight is 395 g/mol. The monoisotopic (exact) mass is 395 g/mol. The Morgan fingerprint density at radius 1 is 0.923 bits per heavy atom. The number of hydrogen-bond acceptors (Lipinski definition) is 7. The van der Waals surface area contributed by atoms with Crippen LogP contribution in [0.3, 0.4) is 0 Å². The Morgan fingerprint density at radius 3 is 1.92 bits per heavy atom. The van der Waals surface area contributed by atoms with Crippen LogP contribution in [0.15, 0.2) is 48.5 Å². The van der Waals surface area contributed by atoms with Crippen LogP contribution in [0.4, 0.5) is 11.4 Å². The predicted molar refractivity (Wildman–Crippen MR) is 99.0 cm³/mol. The first-order valence-corrected chi connectivity index (χ1v) is 10.00. The molecule has 0 N–H and O–H groups in total. The van der Waals surface area contributed by atoms with E-state index in [1.807, 2.05) is 0 Å². The number of para-hydroxylation sites is 2. The van der Waals surface area contributed by atoms with Crippen molar-refractivity contribution in [2.45, 2.75) is 18.4 Å². The van der Waals surface area contributed by atoms with E-state index in [2.05, 4.69) is 0 Å². The average Bonchev–Trinajstić information content (AvgIpc) is 2.59. The van der Waals surface area contributed by atoms with Gasteiger partial charge in [0.25, 0.3) is 11.4 Å². The number of benzene rings is 2. The third-order valence-electron chi connectivity index (χ3n) is 3.59. The van der Waals surface area contributed by atoms with Gasteiger partial charge in [0.1, 0.15) is 4.58 Å². The SMILES string of the molecule is C[C](SCc1ccccc1[N+](=O)[O-])S(=O)(=O)Cc1ccccc1[N+](=O)[O-]. The second-order valence-corrected chi connectivity index (χ2v) is 8.89. The molecule has 2 aromatic carbocycles. The van der Waals surface area contributed by atoms with Gasteiger partial charge in [-0.25, -0.2) is 8.42 Å². The number of sulfone groups is 1. The molecule has 137 valence electrons. The van der Waals surface area contributed by atoms with Gasteiger partial charge in [-0.15, -0.1) is 11.8 Å². The maximum atomic E-state index is 12.5. The minimum atomic E-state index is -3.77. The molecule has 0 spiro atoms. The quantitative estimate of drug-likeness (QED) is 0.491. The van der Waals surface area contributed by atoms with E-state index in [0.29, 0.717) is 5.56 Å². The molecule has 1 radical (unpaired) electrons. The summed E-state index contributed by atoms with van der Waals surface area (Å²) in [7, 11) is -3.77. The summed E-state index contributed by atoms with van der Waals surface area (Å²) in [5, 5.41) is 22.0. The smallest absolute Gasteiger partial charge is 0.258 e. The molecule has 0 aromatic heterocycles. The number of nitrogens with zero attached hydrogens (tertiary/aromatic N) is 2. The van der Waals surface area contributed by atoms with Gasteiger partial charge in [-0.2, -0.15) is 0 Å². The van der Waals surface area contributed by atoms with Crippen molar-refractivity contribution in [3.05, 3.63) is 84.5 Å². The van der Waals surface area contributed by atoms with Gasteiger partial charge < -0.3 is 0 Å². The summed E-state index contributed by atoms with van der Waals surface area (Å²) in [6.45, 7) is 1.39. The van der Waals surface area contributed by atoms with Crippen molar-refractivity contribution in [2.75, 3.05) is 0 Å². The van der Waals surface area contributed by atoms with Gasteiger partial charge in [-0.1, -0.05) is 36.4 Å². The van der Waals surface area contributed by atoms with Gasteiger partial charge in [-0.3, -0.25) is 20.2 Å². The fraction of sp³-hybridized carbons (Fsp3) is 0.188. The van der Waals surface area contributed by atoms with E-state index in [1.54, 1.807) is 12.1 Å². The lowest BCUT2D eigenvalue weighted by atomic mass is 10.2. The summed E-state index contributed by atoms with van der Waals surface area (Å²) in [5.74, 6) is -0.390. The fourth-order valence-corrected chi connectivity index (χ4v) is 4.73. The summed E-state index contributed by atoms with van der Waals surface area (Å²) in [4.78, 5) is 20.9. The fourth-order valence-electron chi connectivity index (χ4n) is 2.20. The van der Waals surface area contributed by atoms with Crippen LogP contribution in [0.1, 0.15) is 18.1 Å². The zero-order valence-electron chi connectivity index (χ0n) is 13.7. The Bertz CT molecular complexity index is 930. The molecule has 0 amide bonds. The van der Waals surface area contributed by atoms with Crippen molar-refractivity contribution < 1.29 is 18.3 Å². The van der Waals surface area contributed by atoms with Gasteiger partial charge in [0.2, 0.25) is 0 Å². The summed E-state index contributed by atoms with van der Waals surface area (Å²) >= 11 is 0.956. The van der Waals surface area contributed by atoms with Gasteiger partial charge in [0.05, 0.1) is 15.6 Å². The van der Waals surface area contributed by atoms with E-state index in [4.69, 9.17) is 0 Å². The predicted octanol–water partition coefficient (Wildman–Crippen LogP) is 3.86. The van der Waals surface area contributed by atoms with Crippen LogP contribution in [0, 0.1) is 24.8 Å². The number of thioether (sulfide) groups is 1. The van der Waals surface area contributed by atoms with E-state index in [9.17, 15) is 28.6 Å². The molecule has 0 atom stereocenters. The molecule has 0 aliphatic rings. The third kappa shape index (κ3) is 4.79. The maximum Gasteiger partial charge on any atom is 0.273 e. The Labute approximate surface area is 154 Å². The van der Waals surface area contributed by atoms with E-state index in [-0.39, 0.29) is 27.3 Å². The van der Waals surface area contributed by atoms with Crippen LogP contribution >= 0.6 is 11.8 Å². The lowest BCUT2D eigenvalue weighted by Gasteiger charge is -2.12. The van der Waals surface area contributed by atoms with Crippen molar-refractivity contribution in [2.24, 2.45) is 0 Å². The highest BCUT2D eigenvalue weighted by Gasteiger charge is 2.27. The molecule has 8 nitrogen and oxygen atoms in total. The molecule has 0 saturated carbocycles. The number of hydrogen-bond donors (Lipinski definition) is 0. The first-order valence-electron chi connectivity index (χ1n) is 7.36. The minimum Gasteiger partial charge on any atom is -0.258 e. The molecule has 0 saturated heterocycles. The highest BCUT2D eigenvalue weighted by atomic mass is 32.3. The Morgan fingerprint density at radius 2 is 1.38 bits per heavy atom. The van der Waals surface area contributed by atoms with Crippen molar-refractivity contribution in [1.82, 2.24) is 0 Å². The molecule has 2 aromatic rings. The van der Waals surface area contributed by atoms with Crippen molar-refractivity contribution >= 4 is 33.0 Å². The molecule has 0 bridgehead atoms. The highest BCUT2D eigenvalue weighted by Crippen LogP contribution is 2.34. The standard InChI is InChI=1S/C16H15N2O6S2/c1-12(25-10-13-6-2-4-8-15(13)17(19)20)26(23,24)11-14-7-3-5-9-16(14)18(21)22/h2-9H,10-11H2,1H3. The summed E-state index contributed by atoms with van der Waals surface area (Å²) in [6, 6.07) is 11.7. The highest BCUT2D eigenvalue weighted by molar-refractivity contribution is 8.16. The molecular weight excluding hydrogens is 380 g/mol. The molecule has 0 unspecified atom stereocenters. The lowest BCUT2D eigenvalue weighted by molar-refractivity contribution is -0.385. The summed E-state index contributed by atoms with van der Waals surface area (Å²) in [6.07, 6.45) is 0. The maximum absolute atomic E-state index is 12.5. The van der Waals surface area contributed by atoms with Crippen molar-refractivity contribution in [1.29, 1.82) is 0 Å². The molecule has 0 aliphatic carbocycles. The van der Waals surface area contributed by atoms with Gasteiger partial charge in [-0.05, 0) is 6.92 Å². The normalized spacial score (nSPS) is 11.5. The Kier molecular flexibility index (Phi) is 6.32. The molecule has 0 fully saturated rings. The lowest BCUT2D eigenvalue weighted by Crippen LogP contribution is -2.11. The molecule has 2 rings (SSSR count). The van der Waals surface area contributed by atoms with E-state index in [0.717, 1.165) is 11.8 Å². The molecule has 0 aliphatic heterocycles. The molecule has 0 heterocycles. The summed E-state index contributed by atoms with van der Waals surface area (Å²) < 4.78 is 25.1. The van der Waals surface area contributed by atoms with Gasteiger partial charge in [0, 0.05) is 29.0 Å². The largest absolute Gasteiger partial charge is 0.273 e. The van der Waals surface area contributed by atoms with Crippen LogP contribution in [-0.4, -0.2) is 18.3 Å². The summed E-state index contributed by atoms with van der Waals surface area (Å²) in [5.41, 5.74) is 0.169. The van der Waals surface area contributed by atoms with Crippen LogP contribution in [0.5, 0.6) is 0 Å². The van der Waals surface area contributed by atoms with Crippen LogP contribution < -0.4 is 0 Å². The van der Waals surface area contributed by atoms with E-state index < -0.39 is 25.4 Å². The van der Waals surface area contributed by atoms with Crippen molar-refractivity contribution in [3.63, 3.8) is 0 Å². The number of rotatable bonds is 8. The van der Waals surface area contributed by atoms with E-state index in [1.165, 1.54) is 43.3 Å². The van der Waals surface area contributed by atoms with E-state index >= 15 is 0 Å². The first-order chi connectivity index (χ1) is 12.2. The van der Waals surface area contributed by atoms with Gasteiger partial charge in [0.15, 0.2) is 9.84 Å². The molecule has 26 heavy (non-hydrogen) atoms. The van der Waals surface area contributed by atoms with Crippen LogP contribution in [-0.2, 0) is 21.3 Å². The zero-order valence-corrected chi connectivity index (χ0v) is 15.3. The molecular formula is C16H15N2O6S2. The third-order valence-corrected chi connectivity index (χ3v) is 7.14. The number of nitro benzene ring substituents is 2. The topological polar surface area (TPSA) is 120 Å². The van der Waals surface area contributed by atoms with Crippen LogP contribution in [0.2, 0.25) is 0 Å². The Hall–Kier alpha value is -2.46. The number of nitro groups is 2. The zero-order chi connectivity index (χ0) is 19.3.